The molecule has 3 heterocycles. The topological polar surface area (TPSA) is 24.6 Å². The molecule has 83 heavy (non-hydrogen) atoms. The number of benzene rings is 13. The van der Waals surface area contributed by atoms with Gasteiger partial charge in [-0.25, -0.2) is 0 Å². The second kappa shape index (κ2) is 20.1. The third kappa shape index (κ3) is 8.62. The summed E-state index contributed by atoms with van der Waals surface area (Å²) in [6, 6.07) is 112. The van der Waals surface area contributed by atoms with Crippen LogP contribution in [-0.4, -0.2) is 4.57 Å². The molecule has 0 saturated heterocycles. The van der Waals surface area contributed by atoms with Crippen molar-refractivity contribution in [1.82, 2.24) is 4.57 Å². The highest BCUT2D eigenvalue weighted by Gasteiger charge is 2.23. The Morgan fingerprint density at radius 2 is 0.687 bits per heavy atom. The summed E-state index contributed by atoms with van der Waals surface area (Å²) in [6.07, 6.45) is 0. The van der Waals surface area contributed by atoms with Crippen molar-refractivity contribution in [2.45, 2.75) is 0 Å². The molecule has 16 rings (SSSR count). The van der Waals surface area contributed by atoms with Crippen LogP contribution in [0.25, 0.3) is 114 Å². The van der Waals surface area contributed by atoms with Gasteiger partial charge in [0, 0.05) is 87.6 Å². The lowest BCUT2D eigenvalue weighted by atomic mass is 9.99. The SMILES string of the molecule is c1ccc(-c2ccc(N(c3cc(-c4ccc5c(c4)c4ccccc4n5-c4ccc(-c5ccccc5)cc4)cc(N(c4ccc(-c5ccccc5)cc4)c4ccc5c(c4)sc4ccccc45)c3)c3ccc4c(c3)oc3ccccc34)cc2)cc1. The molecule has 0 amide bonds. The van der Waals surface area contributed by atoms with Crippen LogP contribution in [0.15, 0.2) is 314 Å². The molecule has 0 spiro atoms. The molecule has 16 aromatic rings. The van der Waals surface area contributed by atoms with E-state index in [0.29, 0.717) is 0 Å². The average Bonchev–Trinajstić information content (AvgIpc) is 2.99. The van der Waals surface area contributed by atoms with Crippen LogP contribution in [0.1, 0.15) is 0 Å². The number of para-hydroxylation sites is 2. The van der Waals surface area contributed by atoms with E-state index in [0.717, 1.165) is 95.0 Å². The highest BCUT2D eigenvalue weighted by molar-refractivity contribution is 7.25. The summed E-state index contributed by atoms with van der Waals surface area (Å²) in [5.74, 6) is 0. The van der Waals surface area contributed by atoms with Crippen molar-refractivity contribution in [3.8, 4) is 50.2 Å². The summed E-state index contributed by atoms with van der Waals surface area (Å²) < 4.78 is 11.6. The molecule has 13 aromatic carbocycles. The summed E-state index contributed by atoms with van der Waals surface area (Å²) in [5.41, 5.74) is 20.5. The number of aromatic nitrogens is 1. The highest BCUT2D eigenvalue weighted by atomic mass is 32.1. The normalized spacial score (nSPS) is 11.6. The van der Waals surface area contributed by atoms with E-state index in [-0.39, 0.29) is 0 Å². The number of hydrogen-bond acceptors (Lipinski definition) is 4. The zero-order valence-electron chi connectivity index (χ0n) is 45.1. The lowest BCUT2D eigenvalue weighted by Gasteiger charge is -2.30. The standard InChI is InChI=1S/C78H51N3OS/c1-4-16-52(17-5-1)55-28-35-60(36-29-55)79(63-41-43-69-68-23-11-14-26-75(68)82-76(69)50-63)65-46-59(58-34-45-74-72(48-58)67-22-10-13-25-73(67)81(74)62-39-32-57(33-40-62)54-20-8-3-9-21-54)47-66(49-65)80(61-37-30-56(31-38-61)53-18-6-2-7-19-53)64-42-44-71-70-24-12-15-27-77(70)83-78(71)51-64/h1-51H. The maximum Gasteiger partial charge on any atom is 0.137 e. The molecule has 0 unspecified atom stereocenters. The van der Waals surface area contributed by atoms with E-state index in [1.165, 1.54) is 53.2 Å². The first-order valence-corrected chi connectivity index (χ1v) is 29.0. The van der Waals surface area contributed by atoms with Gasteiger partial charge >= 0.3 is 0 Å². The van der Waals surface area contributed by atoms with Crippen LogP contribution in [0.3, 0.4) is 0 Å². The first-order chi connectivity index (χ1) is 41.1. The van der Waals surface area contributed by atoms with Gasteiger partial charge in [0.2, 0.25) is 0 Å². The van der Waals surface area contributed by atoms with Crippen LogP contribution in [0, 0.1) is 0 Å². The van der Waals surface area contributed by atoms with Crippen molar-refractivity contribution in [2.75, 3.05) is 9.80 Å². The van der Waals surface area contributed by atoms with Gasteiger partial charge in [-0.3, -0.25) is 0 Å². The summed E-state index contributed by atoms with van der Waals surface area (Å²) in [6.45, 7) is 0. The number of thiophene rings is 1. The van der Waals surface area contributed by atoms with Crippen LogP contribution in [0.4, 0.5) is 34.1 Å². The van der Waals surface area contributed by atoms with E-state index < -0.39 is 0 Å². The zero-order valence-corrected chi connectivity index (χ0v) is 45.9. The van der Waals surface area contributed by atoms with Crippen molar-refractivity contribution in [3.05, 3.63) is 309 Å². The molecule has 0 N–H and O–H groups in total. The Labute approximate surface area is 484 Å². The largest absolute Gasteiger partial charge is 0.456 e. The zero-order chi connectivity index (χ0) is 54.8. The molecular weight excluding hydrogens is 1030 g/mol. The Kier molecular flexibility index (Phi) is 11.7. The fourth-order valence-electron chi connectivity index (χ4n) is 12.4. The molecule has 0 fully saturated rings. The maximum absolute atomic E-state index is 6.66. The van der Waals surface area contributed by atoms with Crippen LogP contribution < -0.4 is 9.80 Å². The second-order valence-corrected chi connectivity index (χ2v) is 22.4. The lowest BCUT2D eigenvalue weighted by Crippen LogP contribution is -2.13. The van der Waals surface area contributed by atoms with Crippen LogP contribution in [0.5, 0.6) is 0 Å². The molecule has 0 aliphatic carbocycles. The van der Waals surface area contributed by atoms with Crippen LogP contribution in [-0.2, 0) is 0 Å². The van der Waals surface area contributed by atoms with E-state index in [9.17, 15) is 0 Å². The lowest BCUT2D eigenvalue weighted by molar-refractivity contribution is 0.669. The van der Waals surface area contributed by atoms with Gasteiger partial charge in [0.05, 0.1) is 11.0 Å². The smallest absolute Gasteiger partial charge is 0.137 e. The van der Waals surface area contributed by atoms with Crippen molar-refractivity contribution in [1.29, 1.82) is 0 Å². The van der Waals surface area contributed by atoms with E-state index in [1.54, 1.807) is 0 Å². The third-order valence-electron chi connectivity index (χ3n) is 16.4. The Morgan fingerprint density at radius 3 is 1.31 bits per heavy atom. The number of anilines is 6. The molecule has 0 atom stereocenters. The van der Waals surface area contributed by atoms with Crippen molar-refractivity contribution < 1.29 is 4.42 Å². The molecule has 0 saturated carbocycles. The van der Waals surface area contributed by atoms with Gasteiger partial charge in [-0.1, -0.05) is 194 Å². The molecule has 3 aromatic heterocycles. The van der Waals surface area contributed by atoms with Crippen LogP contribution in [0.2, 0.25) is 0 Å². The highest BCUT2D eigenvalue weighted by Crippen LogP contribution is 2.47. The molecule has 4 nitrogen and oxygen atoms in total. The fraction of sp³-hybridized carbons (Fsp3) is 0. The second-order valence-electron chi connectivity index (χ2n) is 21.3. The Hall–Kier alpha value is -10.7. The first kappa shape index (κ1) is 48.2. The molecular formula is C78H51N3OS. The fourth-order valence-corrected chi connectivity index (χ4v) is 13.5. The minimum absolute atomic E-state index is 0.833. The van der Waals surface area contributed by atoms with Gasteiger partial charge in [-0.15, -0.1) is 11.3 Å². The van der Waals surface area contributed by atoms with E-state index in [4.69, 9.17) is 4.42 Å². The summed E-state index contributed by atoms with van der Waals surface area (Å²) in [5, 5.41) is 7.10. The number of rotatable bonds is 11. The monoisotopic (exact) mass is 1080 g/mol. The predicted molar refractivity (Wildman–Crippen MR) is 352 cm³/mol. The number of furan rings is 1. The van der Waals surface area contributed by atoms with Gasteiger partial charge in [0.15, 0.2) is 0 Å². The van der Waals surface area contributed by atoms with Gasteiger partial charge in [-0.05, 0) is 154 Å². The van der Waals surface area contributed by atoms with Gasteiger partial charge < -0.3 is 18.8 Å². The predicted octanol–water partition coefficient (Wildman–Crippen LogP) is 22.7. The van der Waals surface area contributed by atoms with Gasteiger partial charge in [0.25, 0.3) is 0 Å². The Morgan fingerprint density at radius 1 is 0.241 bits per heavy atom. The Balaban J connectivity index is 0.930. The van der Waals surface area contributed by atoms with Crippen LogP contribution >= 0.6 is 11.3 Å². The van der Waals surface area contributed by atoms with Gasteiger partial charge in [-0.2, -0.15) is 0 Å². The van der Waals surface area contributed by atoms with Crippen molar-refractivity contribution in [2.24, 2.45) is 0 Å². The number of fused-ring (bicyclic) bond motifs is 9. The molecule has 0 aliphatic heterocycles. The summed E-state index contributed by atoms with van der Waals surface area (Å²) >= 11 is 1.84. The molecule has 0 radical (unpaired) electrons. The van der Waals surface area contributed by atoms with E-state index in [2.05, 4.69) is 318 Å². The minimum Gasteiger partial charge on any atom is -0.456 e. The number of hydrogen-bond donors (Lipinski definition) is 0. The van der Waals surface area contributed by atoms with Gasteiger partial charge in [0.1, 0.15) is 11.2 Å². The Bertz CT molecular complexity index is 4840. The third-order valence-corrected chi connectivity index (χ3v) is 17.5. The molecule has 390 valence electrons. The first-order valence-electron chi connectivity index (χ1n) is 28.2. The molecule has 0 aliphatic rings. The summed E-state index contributed by atoms with van der Waals surface area (Å²) in [7, 11) is 0. The van der Waals surface area contributed by atoms with Crippen molar-refractivity contribution in [3.63, 3.8) is 0 Å². The quantitative estimate of drug-likeness (QED) is 0.129. The molecule has 0 bridgehead atoms. The average molecular weight is 1080 g/mol. The van der Waals surface area contributed by atoms with E-state index >= 15 is 0 Å². The van der Waals surface area contributed by atoms with E-state index in [1.807, 2.05) is 17.4 Å². The summed E-state index contributed by atoms with van der Waals surface area (Å²) in [4.78, 5) is 4.83. The molecule has 5 heteroatoms. The van der Waals surface area contributed by atoms with Crippen molar-refractivity contribution >= 4 is 109 Å². The minimum atomic E-state index is 0.833. The maximum atomic E-state index is 6.66. The number of nitrogens with zero attached hydrogens (tertiary/aromatic N) is 3.